The molecule has 0 aliphatic heterocycles. The fourth-order valence-corrected chi connectivity index (χ4v) is 4.79. The summed E-state index contributed by atoms with van der Waals surface area (Å²) in [5.41, 5.74) is 2.42. The van der Waals surface area contributed by atoms with E-state index in [4.69, 9.17) is 4.74 Å². The summed E-state index contributed by atoms with van der Waals surface area (Å²) < 4.78 is 31.7. The van der Waals surface area contributed by atoms with E-state index in [2.05, 4.69) is 5.32 Å². The molecule has 0 aliphatic carbocycles. The Morgan fingerprint density at radius 3 is 2.28 bits per heavy atom. The Balaban J connectivity index is 2.20. The molecule has 9 heteroatoms. The number of carbonyl (C=O) groups is 2. The minimum atomic E-state index is -3.60. The van der Waals surface area contributed by atoms with Crippen LogP contribution in [0.5, 0.6) is 5.75 Å². The summed E-state index contributed by atoms with van der Waals surface area (Å²) >= 11 is 0. The normalized spacial score (nSPS) is 12.2. The highest BCUT2D eigenvalue weighted by Crippen LogP contribution is 2.29. The van der Waals surface area contributed by atoms with Crippen LogP contribution < -0.4 is 14.4 Å². The minimum Gasteiger partial charge on any atom is -0.495 e. The van der Waals surface area contributed by atoms with Gasteiger partial charge in [-0.25, -0.2) is 8.42 Å². The van der Waals surface area contributed by atoms with Crippen LogP contribution in [-0.4, -0.2) is 57.6 Å². The van der Waals surface area contributed by atoms with Gasteiger partial charge in [0.1, 0.15) is 11.8 Å². The van der Waals surface area contributed by atoms with Gasteiger partial charge in [0.2, 0.25) is 21.8 Å². The first-order valence-corrected chi connectivity index (χ1v) is 14.0. The van der Waals surface area contributed by atoms with Crippen LogP contribution in [0.4, 0.5) is 5.69 Å². The number of methoxy groups -OCH3 is 1. The monoisotopic (exact) mass is 517 g/mol. The molecule has 1 N–H and O–H groups in total. The van der Waals surface area contributed by atoms with E-state index < -0.39 is 16.1 Å². The van der Waals surface area contributed by atoms with Crippen molar-refractivity contribution in [2.24, 2.45) is 5.92 Å². The van der Waals surface area contributed by atoms with E-state index in [0.29, 0.717) is 30.4 Å². The van der Waals surface area contributed by atoms with Gasteiger partial charge in [0.25, 0.3) is 0 Å². The van der Waals surface area contributed by atoms with Crippen molar-refractivity contribution in [2.75, 3.05) is 30.8 Å². The summed E-state index contributed by atoms with van der Waals surface area (Å²) in [7, 11) is -2.12. The lowest BCUT2D eigenvalue weighted by Gasteiger charge is -2.30. The molecule has 198 valence electrons. The maximum absolute atomic E-state index is 13.4. The fraction of sp³-hybridized carbons (Fsp3) is 0.481. The molecule has 0 unspecified atom stereocenters. The minimum absolute atomic E-state index is 0.0921. The Labute approximate surface area is 215 Å². The third-order valence-electron chi connectivity index (χ3n) is 5.96. The van der Waals surface area contributed by atoms with Crippen molar-refractivity contribution in [3.8, 4) is 5.75 Å². The van der Waals surface area contributed by atoms with E-state index in [1.165, 1.54) is 11.4 Å². The van der Waals surface area contributed by atoms with Gasteiger partial charge in [0, 0.05) is 26.1 Å². The first-order chi connectivity index (χ1) is 17.0. The van der Waals surface area contributed by atoms with E-state index in [1.54, 1.807) is 36.1 Å². The zero-order chi connectivity index (χ0) is 26.9. The first kappa shape index (κ1) is 29.2. The summed E-state index contributed by atoms with van der Waals surface area (Å²) in [6.45, 7) is 8.65. The molecule has 0 aromatic heterocycles. The van der Waals surface area contributed by atoms with Crippen LogP contribution >= 0.6 is 0 Å². The number of hydrogen-bond donors (Lipinski definition) is 1. The second-order valence-electron chi connectivity index (χ2n) is 9.37. The predicted molar refractivity (Wildman–Crippen MR) is 143 cm³/mol. The summed E-state index contributed by atoms with van der Waals surface area (Å²) in [6.07, 6.45) is 1.51. The summed E-state index contributed by atoms with van der Waals surface area (Å²) in [5, 5.41) is 2.91. The lowest BCUT2D eigenvalue weighted by molar-refractivity contribution is -0.140. The van der Waals surface area contributed by atoms with Gasteiger partial charge in [-0.2, -0.15) is 0 Å². The van der Waals surface area contributed by atoms with Crippen molar-refractivity contribution in [3.63, 3.8) is 0 Å². The highest BCUT2D eigenvalue weighted by atomic mass is 32.2. The molecule has 2 amide bonds. The number of benzene rings is 2. The molecule has 2 aromatic carbocycles. The number of carbonyl (C=O) groups excluding carboxylic acids is 2. The van der Waals surface area contributed by atoms with Gasteiger partial charge in [0.15, 0.2) is 0 Å². The number of rotatable bonds is 13. The number of sulfonamides is 1. The number of amides is 2. The highest BCUT2D eigenvalue weighted by Gasteiger charge is 2.27. The third kappa shape index (κ3) is 8.26. The SMILES string of the molecule is COc1ccccc1N(CCCC(=O)N(Cc1ccccc1C)[C@@H](C)C(=O)NCC(C)C)S(C)(=O)=O. The molecule has 2 rings (SSSR count). The first-order valence-electron chi connectivity index (χ1n) is 12.2. The average Bonchev–Trinajstić information content (AvgIpc) is 2.83. The summed E-state index contributed by atoms with van der Waals surface area (Å²) in [6, 6.07) is 14.0. The summed E-state index contributed by atoms with van der Waals surface area (Å²) in [5.74, 6) is 0.306. The van der Waals surface area contributed by atoms with Crippen molar-refractivity contribution in [2.45, 2.75) is 53.1 Å². The van der Waals surface area contributed by atoms with Gasteiger partial charge in [-0.05, 0) is 49.4 Å². The topological polar surface area (TPSA) is 96.0 Å². The number of para-hydroxylation sites is 2. The number of hydrogen-bond acceptors (Lipinski definition) is 5. The molecular weight excluding hydrogens is 478 g/mol. The molecule has 0 aliphatic rings. The van der Waals surface area contributed by atoms with Crippen molar-refractivity contribution in [3.05, 3.63) is 59.7 Å². The molecule has 0 saturated heterocycles. The molecule has 0 spiro atoms. The van der Waals surface area contributed by atoms with E-state index >= 15 is 0 Å². The molecule has 0 fully saturated rings. The molecule has 0 heterocycles. The van der Waals surface area contributed by atoms with Crippen LogP contribution in [0.3, 0.4) is 0 Å². The van der Waals surface area contributed by atoms with Crippen LogP contribution in [-0.2, 0) is 26.2 Å². The van der Waals surface area contributed by atoms with Gasteiger partial charge in [-0.1, -0.05) is 50.2 Å². The largest absolute Gasteiger partial charge is 0.495 e. The standard InChI is InChI=1S/C27H39N3O5S/c1-20(2)18-28-27(32)22(4)29(19-23-13-8-7-12-21(23)3)26(31)16-11-17-30(36(6,33)34)24-14-9-10-15-25(24)35-5/h7-10,12-15,20,22H,11,16-19H2,1-6H3,(H,28,32)/t22-/m0/s1. The average molecular weight is 518 g/mol. The Bertz CT molecular complexity index is 1130. The van der Waals surface area contributed by atoms with Crippen LogP contribution in [0, 0.1) is 12.8 Å². The zero-order valence-corrected chi connectivity index (χ0v) is 23.0. The number of ether oxygens (including phenoxy) is 1. The van der Waals surface area contributed by atoms with Crippen LogP contribution in [0.25, 0.3) is 0 Å². The van der Waals surface area contributed by atoms with E-state index in [0.717, 1.165) is 17.4 Å². The second-order valence-corrected chi connectivity index (χ2v) is 11.3. The smallest absolute Gasteiger partial charge is 0.242 e. The fourth-order valence-electron chi connectivity index (χ4n) is 3.82. The summed E-state index contributed by atoms with van der Waals surface area (Å²) in [4.78, 5) is 27.8. The van der Waals surface area contributed by atoms with Gasteiger partial charge in [-0.15, -0.1) is 0 Å². The quantitative estimate of drug-likeness (QED) is 0.437. The molecule has 0 radical (unpaired) electrons. The molecule has 2 aromatic rings. The molecule has 0 bridgehead atoms. The molecule has 8 nitrogen and oxygen atoms in total. The highest BCUT2D eigenvalue weighted by molar-refractivity contribution is 7.92. The van der Waals surface area contributed by atoms with Crippen molar-refractivity contribution < 1.29 is 22.7 Å². The van der Waals surface area contributed by atoms with Crippen molar-refractivity contribution in [1.29, 1.82) is 0 Å². The number of nitrogens with one attached hydrogen (secondary N) is 1. The Hall–Kier alpha value is -3.07. The lowest BCUT2D eigenvalue weighted by Crippen LogP contribution is -2.48. The Kier molecular flexibility index (Phi) is 10.8. The number of nitrogens with zero attached hydrogens (tertiary/aromatic N) is 2. The molecule has 0 saturated carbocycles. The number of aryl methyl sites for hydroxylation is 1. The Morgan fingerprint density at radius 2 is 1.67 bits per heavy atom. The van der Waals surface area contributed by atoms with Gasteiger partial charge in [-0.3, -0.25) is 13.9 Å². The van der Waals surface area contributed by atoms with E-state index in [9.17, 15) is 18.0 Å². The maximum atomic E-state index is 13.4. The Morgan fingerprint density at radius 1 is 1.03 bits per heavy atom. The predicted octanol–water partition coefficient (Wildman–Crippen LogP) is 3.74. The zero-order valence-electron chi connectivity index (χ0n) is 22.2. The second kappa shape index (κ2) is 13.3. The molecule has 36 heavy (non-hydrogen) atoms. The van der Waals surface area contributed by atoms with Crippen molar-refractivity contribution in [1.82, 2.24) is 10.2 Å². The van der Waals surface area contributed by atoms with E-state index in [-0.39, 0.29) is 31.2 Å². The van der Waals surface area contributed by atoms with E-state index in [1.807, 2.05) is 45.0 Å². The van der Waals surface area contributed by atoms with Gasteiger partial charge >= 0.3 is 0 Å². The van der Waals surface area contributed by atoms with Gasteiger partial charge in [0.05, 0.1) is 19.1 Å². The maximum Gasteiger partial charge on any atom is 0.242 e. The van der Waals surface area contributed by atoms with Crippen molar-refractivity contribution >= 4 is 27.5 Å². The van der Waals surface area contributed by atoms with Crippen LogP contribution in [0.15, 0.2) is 48.5 Å². The molecule has 1 atom stereocenters. The van der Waals surface area contributed by atoms with Crippen LogP contribution in [0.2, 0.25) is 0 Å². The third-order valence-corrected chi connectivity index (χ3v) is 7.14. The number of anilines is 1. The van der Waals surface area contributed by atoms with Crippen LogP contribution in [0.1, 0.15) is 44.7 Å². The van der Waals surface area contributed by atoms with Gasteiger partial charge < -0.3 is 15.0 Å². The lowest BCUT2D eigenvalue weighted by atomic mass is 10.1. The molecular formula is C27H39N3O5S.